The number of carbonyl (C=O) groups is 1. The molecule has 1 aromatic carbocycles. The molecule has 1 unspecified atom stereocenters. The number of hydrogen-bond acceptors (Lipinski definition) is 6. The molecule has 1 aliphatic rings. The molecule has 2 heterocycles. The van der Waals surface area contributed by atoms with Gasteiger partial charge in [-0.2, -0.15) is 10.1 Å². The molecule has 1 fully saturated rings. The van der Waals surface area contributed by atoms with Gasteiger partial charge in [-0.15, -0.1) is 5.10 Å². The molecule has 0 radical (unpaired) electrons. The molecule has 1 saturated heterocycles. The van der Waals surface area contributed by atoms with Crippen LogP contribution in [-0.2, 0) is 4.79 Å². The van der Waals surface area contributed by atoms with Gasteiger partial charge in [0.2, 0.25) is 11.9 Å². The highest BCUT2D eigenvalue weighted by Crippen LogP contribution is 2.22. The lowest BCUT2D eigenvalue weighted by Crippen LogP contribution is -2.35. The van der Waals surface area contributed by atoms with Crippen molar-refractivity contribution >= 4 is 29.0 Å². The second-order valence-corrected chi connectivity index (χ2v) is 6.22. The third-order valence-corrected chi connectivity index (χ3v) is 3.99. The smallest absolute Gasteiger partial charge is 0.249 e. The van der Waals surface area contributed by atoms with Gasteiger partial charge in [0, 0.05) is 31.4 Å². The average Bonchev–Trinajstić information content (AvgIpc) is 2.56. The van der Waals surface area contributed by atoms with Gasteiger partial charge in [-0.1, -0.05) is 6.92 Å². The van der Waals surface area contributed by atoms with Crippen molar-refractivity contribution < 1.29 is 4.79 Å². The number of anilines is 4. The standard InChI is InChI=1S/C17H22N6O/c1-12-4-3-9-23(11-12)16-10-18-22-17(21-16)20-15-7-5-14(6-8-15)19-13(2)24/h5-8,10,12H,3-4,9,11H2,1-2H3,(H,19,24)(H,20,21,22). The fourth-order valence-electron chi connectivity index (χ4n) is 2.87. The molecule has 1 amide bonds. The first-order valence-corrected chi connectivity index (χ1v) is 8.19. The van der Waals surface area contributed by atoms with E-state index in [9.17, 15) is 4.79 Å². The van der Waals surface area contributed by atoms with Crippen LogP contribution < -0.4 is 15.5 Å². The average molecular weight is 326 g/mol. The SMILES string of the molecule is CC(=O)Nc1ccc(Nc2nncc(N3CCCC(C)C3)n2)cc1. The van der Waals surface area contributed by atoms with Crippen LogP contribution in [0.5, 0.6) is 0 Å². The summed E-state index contributed by atoms with van der Waals surface area (Å²) in [7, 11) is 0. The minimum atomic E-state index is -0.0910. The lowest BCUT2D eigenvalue weighted by atomic mass is 10.0. The number of carbonyl (C=O) groups excluding carboxylic acids is 1. The van der Waals surface area contributed by atoms with Crippen LogP contribution in [0.1, 0.15) is 26.7 Å². The van der Waals surface area contributed by atoms with Crippen molar-refractivity contribution in [1.29, 1.82) is 0 Å². The van der Waals surface area contributed by atoms with Crippen LogP contribution in [0.25, 0.3) is 0 Å². The van der Waals surface area contributed by atoms with Crippen LogP contribution in [0.15, 0.2) is 30.5 Å². The number of hydrogen-bond donors (Lipinski definition) is 2. The number of piperidine rings is 1. The number of rotatable bonds is 4. The highest BCUT2D eigenvalue weighted by atomic mass is 16.1. The van der Waals surface area contributed by atoms with Crippen LogP contribution in [0.2, 0.25) is 0 Å². The summed E-state index contributed by atoms with van der Waals surface area (Å²) in [6.07, 6.45) is 4.16. The zero-order chi connectivity index (χ0) is 16.9. The van der Waals surface area contributed by atoms with Crippen LogP contribution in [0.3, 0.4) is 0 Å². The van der Waals surface area contributed by atoms with E-state index in [0.29, 0.717) is 11.9 Å². The lowest BCUT2D eigenvalue weighted by molar-refractivity contribution is -0.114. The van der Waals surface area contributed by atoms with E-state index in [4.69, 9.17) is 0 Å². The van der Waals surface area contributed by atoms with E-state index >= 15 is 0 Å². The van der Waals surface area contributed by atoms with Gasteiger partial charge in [0.15, 0.2) is 5.82 Å². The molecule has 3 rings (SSSR count). The Balaban J connectivity index is 1.69. The number of amides is 1. The molecule has 24 heavy (non-hydrogen) atoms. The van der Waals surface area contributed by atoms with E-state index in [-0.39, 0.29) is 5.91 Å². The van der Waals surface area contributed by atoms with Crippen molar-refractivity contribution in [3.8, 4) is 0 Å². The van der Waals surface area contributed by atoms with E-state index in [1.165, 1.54) is 19.8 Å². The predicted octanol–water partition coefficient (Wildman–Crippen LogP) is 2.81. The Hall–Kier alpha value is -2.70. The number of aromatic nitrogens is 3. The molecule has 7 heteroatoms. The van der Waals surface area contributed by atoms with Gasteiger partial charge in [0.05, 0.1) is 6.20 Å². The quantitative estimate of drug-likeness (QED) is 0.899. The highest BCUT2D eigenvalue weighted by molar-refractivity contribution is 5.88. The Morgan fingerprint density at radius 2 is 2.00 bits per heavy atom. The first-order chi connectivity index (χ1) is 11.6. The van der Waals surface area contributed by atoms with Gasteiger partial charge in [-0.3, -0.25) is 4.79 Å². The first kappa shape index (κ1) is 16.2. The lowest BCUT2D eigenvalue weighted by Gasteiger charge is -2.31. The van der Waals surface area contributed by atoms with E-state index in [2.05, 4.69) is 37.6 Å². The summed E-state index contributed by atoms with van der Waals surface area (Å²) in [6, 6.07) is 7.38. The third kappa shape index (κ3) is 4.18. The molecule has 1 atom stereocenters. The summed E-state index contributed by atoms with van der Waals surface area (Å²) in [4.78, 5) is 17.9. The van der Waals surface area contributed by atoms with Crippen LogP contribution >= 0.6 is 0 Å². The Labute approximate surface area is 141 Å². The molecule has 1 aromatic heterocycles. The van der Waals surface area contributed by atoms with Gasteiger partial charge in [-0.05, 0) is 43.0 Å². The van der Waals surface area contributed by atoms with Crippen LogP contribution in [0, 0.1) is 5.92 Å². The second-order valence-electron chi connectivity index (χ2n) is 6.22. The Morgan fingerprint density at radius 1 is 1.25 bits per heavy atom. The van der Waals surface area contributed by atoms with Crippen molar-refractivity contribution in [3.05, 3.63) is 30.5 Å². The molecule has 0 aliphatic carbocycles. The highest BCUT2D eigenvalue weighted by Gasteiger charge is 2.18. The van der Waals surface area contributed by atoms with E-state index in [0.717, 1.165) is 30.3 Å². The molecule has 7 nitrogen and oxygen atoms in total. The summed E-state index contributed by atoms with van der Waals surface area (Å²) in [6.45, 7) is 5.76. The fourth-order valence-corrected chi connectivity index (χ4v) is 2.87. The monoisotopic (exact) mass is 326 g/mol. The zero-order valence-corrected chi connectivity index (χ0v) is 14.0. The number of nitrogens with one attached hydrogen (secondary N) is 2. The fraction of sp³-hybridized carbons (Fsp3) is 0.412. The van der Waals surface area contributed by atoms with Crippen molar-refractivity contribution in [3.63, 3.8) is 0 Å². The van der Waals surface area contributed by atoms with Gasteiger partial charge in [-0.25, -0.2) is 0 Å². The summed E-state index contributed by atoms with van der Waals surface area (Å²) < 4.78 is 0. The summed E-state index contributed by atoms with van der Waals surface area (Å²) >= 11 is 0. The molecule has 0 spiro atoms. The van der Waals surface area contributed by atoms with Gasteiger partial charge in [0.1, 0.15) is 0 Å². The van der Waals surface area contributed by atoms with Gasteiger partial charge < -0.3 is 15.5 Å². The van der Waals surface area contributed by atoms with Gasteiger partial charge in [0.25, 0.3) is 0 Å². The Kier molecular flexibility index (Phi) is 4.88. The van der Waals surface area contributed by atoms with E-state index < -0.39 is 0 Å². The van der Waals surface area contributed by atoms with Crippen molar-refractivity contribution in [1.82, 2.24) is 15.2 Å². The Bertz CT molecular complexity index is 702. The van der Waals surface area contributed by atoms with Crippen molar-refractivity contribution in [2.45, 2.75) is 26.7 Å². The minimum absolute atomic E-state index is 0.0910. The zero-order valence-electron chi connectivity index (χ0n) is 14.0. The molecular weight excluding hydrogens is 304 g/mol. The molecule has 0 bridgehead atoms. The minimum Gasteiger partial charge on any atom is -0.355 e. The maximum atomic E-state index is 11.0. The summed E-state index contributed by atoms with van der Waals surface area (Å²) in [5.74, 6) is 1.91. The predicted molar refractivity (Wildman–Crippen MR) is 94.5 cm³/mol. The summed E-state index contributed by atoms with van der Waals surface area (Å²) in [5.41, 5.74) is 1.60. The maximum Gasteiger partial charge on any atom is 0.249 e. The molecule has 126 valence electrons. The second kappa shape index (κ2) is 7.25. The third-order valence-electron chi connectivity index (χ3n) is 3.99. The molecule has 1 aliphatic heterocycles. The van der Waals surface area contributed by atoms with E-state index in [1.54, 1.807) is 6.20 Å². The maximum absolute atomic E-state index is 11.0. The topological polar surface area (TPSA) is 83.0 Å². The number of nitrogens with zero attached hydrogens (tertiary/aromatic N) is 4. The van der Waals surface area contributed by atoms with Crippen molar-refractivity contribution in [2.75, 3.05) is 28.6 Å². The first-order valence-electron chi connectivity index (χ1n) is 8.19. The molecule has 0 saturated carbocycles. The van der Waals surface area contributed by atoms with Crippen LogP contribution in [-0.4, -0.2) is 34.2 Å². The molecular formula is C17H22N6O. The van der Waals surface area contributed by atoms with E-state index in [1.807, 2.05) is 24.3 Å². The van der Waals surface area contributed by atoms with Crippen molar-refractivity contribution in [2.24, 2.45) is 5.92 Å². The molecule has 2 aromatic rings. The summed E-state index contributed by atoms with van der Waals surface area (Å²) in [5, 5.41) is 14.0. The largest absolute Gasteiger partial charge is 0.355 e. The number of benzene rings is 1. The van der Waals surface area contributed by atoms with Gasteiger partial charge >= 0.3 is 0 Å². The molecule has 2 N–H and O–H groups in total. The Morgan fingerprint density at radius 3 is 2.71 bits per heavy atom. The normalized spacial score (nSPS) is 17.4. The van der Waals surface area contributed by atoms with Crippen LogP contribution in [0.4, 0.5) is 23.1 Å².